The molecule has 0 aromatic heterocycles. The molecule has 0 heterocycles. The van der Waals surface area contributed by atoms with Crippen LogP contribution in [0.15, 0.2) is 42.5 Å². The van der Waals surface area contributed by atoms with Crippen LogP contribution in [0.25, 0.3) is 0 Å². The molecule has 3 N–H and O–H groups in total. The number of ether oxygens (including phenoxy) is 1. The van der Waals surface area contributed by atoms with Crippen LogP contribution in [0.5, 0.6) is 5.75 Å². The van der Waals surface area contributed by atoms with Crippen molar-refractivity contribution in [2.75, 3.05) is 17.3 Å². The van der Waals surface area contributed by atoms with Gasteiger partial charge in [-0.05, 0) is 94.7 Å². The van der Waals surface area contributed by atoms with Gasteiger partial charge in [0, 0.05) is 6.04 Å². The predicted molar refractivity (Wildman–Crippen MR) is 156 cm³/mol. The van der Waals surface area contributed by atoms with Gasteiger partial charge in [0.15, 0.2) is 0 Å². The Morgan fingerprint density at radius 2 is 1.82 bits per heavy atom. The molecule has 2 atom stereocenters. The van der Waals surface area contributed by atoms with E-state index in [0.717, 1.165) is 24.8 Å². The number of amides is 3. The fourth-order valence-corrected chi connectivity index (χ4v) is 5.12. The topological polar surface area (TPSA) is 108 Å². The molecule has 0 radical (unpaired) electrons. The lowest BCUT2D eigenvalue weighted by Crippen LogP contribution is -2.57. The Morgan fingerprint density at radius 3 is 2.36 bits per heavy atom. The van der Waals surface area contributed by atoms with E-state index in [-0.39, 0.29) is 17.7 Å². The van der Waals surface area contributed by atoms with Crippen molar-refractivity contribution in [1.29, 1.82) is 0 Å². The van der Waals surface area contributed by atoms with E-state index < -0.39 is 29.7 Å². The number of hydrogen-bond donors (Lipinski definition) is 3. The number of benzene rings is 2. The van der Waals surface area contributed by atoms with E-state index >= 15 is 0 Å². The van der Waals surface area contributed by atoms with E-state index in [0.29, 0.717) is 28.4 Å². The van der Waals surface area contributed by atoms with Gasteiger partial charge in [0.05, 0.1) is 10.7 Å². The van der Waals surface area contributed by atoms with Crippen LogP contribution in [0, 0.1) is 6.92 Å². The lowest BCUT2D eigenvalue weighted by atomic mass is 9.88. The Morgan fingerprint density at radius 1 is 1.15 bits per heavy atom. The monoisotopic (exact) mass is 575 g/mol. The molecule has 1 saturated carbocycles. The van der Waals surface area contributed by atoms with Crippen molar-refractivity contribution in [3.63, 3.8) is 0 Å². The number of para-hydroxylation sites is 1. The lowest BCUT2D eigenvalue weighted by molar-refractivity contribution is -0.145. The number of nitrogens with one attached hydrogen (secondary N) is 2. The maximum absolute atomic E-state index is 14.2. The number of thioether (sulfide) groups is 1. The summed E-state index contributed by atoms with van der Waals surface area (Å²) in [5, 5.41) is 16.0. The van der Waals surface area contributed by atoms with Crippen molar-refractivity contribution in [3.05, 3.63) is 58.6 Å². The standard InChI is InChI=1S/C29H38ClN3O5S/c1-18-8-6-11-22(30)24(18)32-26(35)25(19-12-14-21(34)15-13-19)33(20-9-7-10-20)27(36)23(16-17-39-5)31-28(37)38-29(2,3)4/h6,8,11-15,20,23,25,34H,7,9-10,16-17H2,1-5H3,(H,31,37)(H,32,35). The zero-order valence-electron chi connectivity index (χ0n) is 23.1. The molecule has 0 spiro atoms. The Hall–Kier alpha value is -2.91. The van der Waals surface area contributed by atoms with Crippen LogP contribution in [0.1, 0.15) is 63.6 Å². The number of aryl methyl sites for hydroxylation is 1. The average Bonchev–Trinajstić information content (AvgIpc) is 2.82. The van der Waals surface area contributed by atoms with Crippen LogP contribution in [-0.2, 0) is 14.3 Å². The predicted octanol–water partition coefficient (Wildman–Crippen LogP) is 6.06. The molecular formula is C29H38ClN3O5S. The molecule has 0 saturated heterocycles. The number of carbonyl (C=O) groups is 3. The van der Waals surface area contributed by atoms with E-state index in [1.165, 1.54) is 12.1 Å². The molecule has 212 valence electrons. The van der Waals surface area contributed by atoms with Crippen LogP contribution in [0.3, 0.4) is 0 Å². The van der Waals surface area contributed by atoms with Gasteiger partial charge in [-0.15, -0.1) is 0 Å². The Labute approximate surface area is 239 Å². The third-order valence-corrected chi connectivity index (χ3v) is 7.49. The average molecular weight is 576 g/mol. The number of halogens is 1. The lowest BCUT2D eigenvalue weighted by Gasteiger charge is -2.43. The number of rotatable bonds is 10. The maximum Gasteiger partial charge on any atom is 0.408 e. The molecule has 1 fully saturated rings. The number of alkyl carbamates (subject to hydrolysis) is 1. The molecule has 0 bridgehead atoms. The summed E-state index contributed by atoms with van der Waals surface area (Å²) in [6.07, 6.45) is 4.01. The minimum absolute atomic E-state index is 0.0471. The highest BCUT2D eigenvalue weighted by atomic mass is 35.5. The van der Waals surface area contributed by atoms with Gasteiger partial charge in [-0.25, -0.2) is 4.79 Å². The molecule has 1 aliphatic rings. The summed E-state index contributed by atoms with van der Waals surface area (Å²) in [4.78, 5) is 42.5. The second kappa shape index (κ2) is 13.4. The summed E-state index contributed by atoms with van der Waals surface area (Å²) in [7, 11) is 0. The van der Waals surface area contributed by atoms with Crippen LogP contribution in [0.2, 0.25) is 5.02 Å². The summed E-state index contributed by atoms with van der Waals surface area (Å²) >= 11 is 7.97. The molecule has 10 heteroatoms. The number of carbonyl (C=O) groups excluding carboxylic acids is 3. The third kappa shape index (κ3) is 8.29. The zero-order chi connectivity index (χ0) is 28.7. The smallest absolute Gasteiger partial charge is 0.408 e. The normalized spacial score (nSPS) is 15.0. The molecule has 8 nitrogen and oxygen atoms in total. The van der Waals surface area contributed by atoms with Gasteiger partial charge < -0.3 is 25.4 Å². The fourth-order valence-electron chi connectivity index (χ4n) is 4.38. The Balaban J connectivity index is 2.03. The first-order valence-corrected chi connectivity index (χ1v) is 14.8. The zero-order valence-corrected chi connectivity index (χ0v) is 24.7. The summed E-state index contributed by atoms with van der Waals surface area (Å²) < 4.78 is 5.44. The Bertz CT molecular complexity index is 1140. The van der Waals surface area contributed by atoms with Crippen molar-refractivity contribution in [1.82, 2.24) is 10.2 Å². The van der Waals surface area contributed by atoms with Crippen molar-refractivity contribution >= 4 is 47.0 Å². The van der Waals surface area contributed by atoms with Crippen molar-refractivity contribution in [2.24, 2.45) is 0 Å². The minimum atomic E-state index is -1.02. The number of phenols is 1. The maximum atomic E-state index is 14.2. The van der Waals surface area contributed by atoms with E-state index in [1.54, 1.807) is 61.7 Å². The van der Waals surface area contributed by atoms with Crippen LogP contribution >= 0.6 is 23.4 Å². The summed E-state index contributed by atoms with van der Waals surface area (Å²) in [6, 6.07) is 9.49. The first-order valence-electron chi connectivity index (χ1n) is 13.1. The van der Waals surface area contributed by atoms with Gasteiger partial charge in [0.2, 0.25) is 5.91 Å². The number of aromatic hydroxyl groups is 1. The minimum Gasteiger partial charge on any atom is -0.508 e. The quantitative estimate of drug-likeness (QED) is 0.318. The van der Waals surface area contributed by atoms with Gasteiger partial charge in [-0.1, -0.05) is 35.9 Å². The summed E-state index contributed by atoms with van der Waals surface area (Å²) in [6.45, 7) is 7.12. The van der Waals surface area contributed by atoms with Crippen LogP contribution in [-0.4, -0.2) is 57.6 Å². The first kappa shape index (κ1) is 30.6. The summed E-state index contributed by atoms with van der Waals surface area (Å²) in [5.41, 5.74) is 1.06. The molecule has 2 aromatic carbocycles. The van der Waals surface area contributed by atoms with Gasteiger partial charge >= 0.3 is 6.09 Å². The van der Waals surface area contributed by atoms with Crippen molar-refractivity contribution < 1.29 is 24.2 Å². The molecule has 0 aliphatic heterocycles. The van der Waals surface area contributed by atoms with Crippen molar-refractivity contribution in [3.8, 4) is 5.75 Å². The number of phenolic OH excluding ortho intramolecular Hbond substituents is 1. The SMILES string of the molecule is CSCCC(NC(=O)OC(C)(C)C)C(=O)N(C1CCC1)C(C(=O)Nc1c(C)cccc1Cl)c1ccc(O)cc1. The second-order valence-corrected chi connectivity index (χ2v) is 12.1. The molecular weight excluding hydrogens is 538 g/mol. The van der Waals surface area contributed by atoms with Gasteiger partial charge in [0.1, 0.15) is 23.4 Å². The molecule has 1 aliphatic carbocycles. The number of anilines is 1. The second-order valence-electron chi connectivity index (χ2n) is 10.7. The Kier molecular flexibility index (Phi) is 10.6. The van der Waals surface area contributed by atoms with E-state index in [4.69, 9.17) is 16.3 Å². The van der Waals surface area contributed by atoms with Gasteiger partial charge in [-0.3, -0.25) is 9.59 Å². The molecule has 3 rings (SSSR count). The molecule has 2 aromatic rings. The highest BCUT2D eigenvalue weighted by Crippen LogP contribution is 2.36. The first-order chi connectivity index (χ1) is 18.4. The highest BCUT2D eigenvalue weighted by molar-refractivity contribution is 7.98. The molecule has 3 amide bonds. The third-order valence-electron chi connectivity index (χ3n) is 6.53. The highest BCUT2D eigenvalue weighted by Gasteiger charge is 2.42. The van der Waals surface area contributed by atoms with E-state index in [2.05, 4.69) is 10.6 Å². The van der Waals surface area contributed by atoms with Crippen LogP contribution in [0.4, 0.5) is 10.5 Å². The van der Waals surface area contributed by atoms with Crippen LogP contribution < -0.4 is 10.6 Å². The summed E-state index contributed by atoms with van der Waals surface area (Å²) in [5.74, 6) is -0.118. The molecule has 2 unspecified atom stereocenters. The van der Waals surface area contributed by atoms with Crippen molar-refractivity contribution in [2.45, 2.75) is 77.1 Å². The van der Waals surface area contributed by atoms with Gasteiger partial charge in [0.25, 0.3) is 5.91 Å². The number of nitrogens with zero attached hydrogens (tertiary/aromatic N) is 1. The van der Waals surface area contributed by atoms with E-state index in [1.807, 2.05) is 19.2 Å². The fraction of sp³-hybridized carbons (Fsp3) is 0.483. The number of hydrogen-bond acceptors (Lipinski definition) is 6. The largest absolute Gasteiger partial charge is 0.508 e. The molecule has 39 heavy (non-hydrogen) atoms. The van der Waals surface area contributed by atoms with E-state index in [9.17, 15) is 19.5 Å². The van der Waals surface area contributed by atoms with Gasteiger partial charge in [-0.2, -0.15) is 11.8 Å².